The second-order valence-electron chi connectivity index (χ2n) is 8.44. The molecule has 0 unspecified atom stereocenters. The highest BCUT2D eigenvalue weighted by atomic mass is 15.1. The molecule has 1 saturated carbocycles. The first kappa shape index (κ1) is 15.1. The van der Waals surface area contributed by atoms with Crippen LogP contribution in [0.15, 0.2) is 30.3 Å². The molecule has 0 amide bonds. The Morgan fingerprint density at radius 3 is 2.05 bits per heavy atom. The van der Waals surface area contributed by atoms with Gasteiger partial charge >= 0.3 is 0 Å². The zero-order valence-corrected chi connectivity index (χ0v) is 13.9. The molecule has 3 rings (SSSR count). The van der Waals surface area contributed by atoms with Crippen molar-refractivity contribution in [3.05, 3.63) is 35.9 Å². The largest absolute Gasteiger partial charge is 0.311 e. The number of hydrogen-bond donors (Lipinski definition) is 2. The third kappa shape index (κ3) is 3.67. The van der Waals surface area contributed by atoms with Gasteiger partial charge in [0.15, 0.2) is 0 Å². The van der Waals surface area contributed by atoms with E-state index in [-0.39, 0.29) is 11.1 Å². The highest BCUT2D eigenvalue weighted by Crippen LogP contribution is 2.38. The summed E-state index contributed by atoms with van der Waals surface area (Å²) in [6.45, 7) is 9.32. The van der Waals surface area contributed by atoms with E-state index >= 15 is 0 Å². The molecular weight excluding hydrogens is 256 g/mol. The molecular formula is C19H30N2. The number of piperidine rings is 1. The minimum Gasteiger partial charge on any atom is -0.311 e. The summed E-state index contributed by atoms with van der Waals surface area (Å²) in [5.74, 6) is 0.770. The Bertz CT molecular complexity index is 456. The van der Waals surface area contributed by atoms with Gasteiger partial charge in [0.1, 0.15) is 0 Å². The maximum Gasteiger partial charge on any atom is 0.0144 e. The van der Waals surface area contributed by atoms with Crippen molar-refractivity contribution in [2.75, 3.05) is 0 Å². The number of nitrogens with one attached hydrogen (secondary N) is 2. The molecule has 1 aromatic carbocycles. The van der Waals surface area contributed by atoms with E-state index in [2.05, 4.69) is 68.7 Å². The van der Waals surface area contributed by atoms with E-state index in [4.69, 9.17) is 0 Å². The monoisotopic (exact) mass is 286 g/mol. The van der Waals surface area contributed by atoms with Crippen LogP contribution in [0.4, 0.5) is 0 Å². The molecule has 1 aliphatic heterocycles. The van der Waals surface area contributed by atoms with E-state index in [0.29, 0.717) is 12.1 Å². The maximum atomic E-state index is 3.93. The van der Waals surface area contributed by atoms with Gasteiger partial charge in [0.05, 0.1) is 0 Å². The highest BCUT2D eigenvalue weighted by Gasteiger charge is 2.40. The fourth-order valence-corrected chi connectivity index (χ4v) is 4.52. The van der Waals surface area contributed by atoms with Gasteiger partial charge in [-0.15, -0.1) is 0 Å². The van der Waals surface area contributed by atoms with Crippen molar-refractivity contribution >= 4 is 0 Å². The van der Waals surface area contributed by atoms with Crippen LogP contribution in [0, 0.1) is 0 Å². The Morgan fingerprint density at radius 2 is 1.48 bits per heavy atom. The molecule has 2 heteroatoms. The Labute approximate surface area is 129 Å². The average Bonchev–Trinajstić information content (AvgIpc) is 2.30. The molecule has 0 bridgehead atoms. The normalized spacial score (nSPS) is 31.6. The van der Waals surface area contributed by atoms with Crippen LogP contribution >= 0.6 is 0 Å². The number of hydrogen-bond acceptors (Lipinski definition) is 2. The van der Waals surface area contributed by atoms with Crippen LogP contribution < -0.4 is 10.6 Å². The fraction of sp³-hybridized carbons (Fsp3) is 0.684. The molecule has 116 valence electrons. The van der Waals surface area contributed by atoms with Gasteiger partial charge in [-0.25, -0.2) is 0 Å². The predicted molar refractivity (Wildman–Crippen MR) is 89.7 cm³/mol. The van der Waals surface area contributed by atoms with Crippen LogP contribution in [-0.4, -0.2) is 23.2 Å². The summed E-state index contributed by atoms with van der Waals surface area (Å²) >= 11 is 0. The fourth-order valence-electron chi connectivity index (χ4n) is 4.52. The Balaban J connectivity index is 1.52. The van der Waals surface area contributed by atoms with E-state index in [9.17, 15) is 0 Å². The summed E-state index contributed by atoms with van der Waals surface area (Å²) in [6, 6.07) is 12.3. The number of benzene rings is 1. The van der Waals surface area contributed by atoms with Gasteiger partial charge < -0.3 is 10.6 Å². The second kappa shape index (κ2) is 5.40. The van der Waals surface area contributed by atoms with Gasteiger partial charge in [0.25, 0.3) is 0 Å². The molecule has 1 aromatic rings. The van der Waals surface area contributed by atoms with Gasteiger partial charge in [0, 0.05) is 23.2 Å². The van der Waals surface area contributed by atoms with Gasteiger partial charge in [-0.05, 0) is 64.9 Å². The molecule has 2 aliphatic rings. The summed E-state index contributed by atoms with van der Waals surface area (Å²) < 4.78 is 0. The molecule has 2 nitrogen and oxygen atoms in total. The van der Waals surface area contributed by atoms with E-state index < -0.39 is 0 Å². The van der Waals surface area contributed by atoms with Crippen LogP contribution in [-0.2, 0) is 0 Å². The lowest BCUT2D eigenvalue weighted by Crippen LogP contribution is -2.63. The predicted octanol–water partition coefficient (Wildman–Crippen LogP) is 3.83. The van der Waals surface area contributed by atoms with Gasteiger partial charge in [-0.3, -0.25) is 0 Å². The molecule has 1 aliphatic carbocycles. The first-order valence-electron chi connectivity index (χ1n) is 8.43. The second-order valence-corrected chi connectivity index (χ2v) is 8.44. The molecule has 0 aromatic heterocycles. The highest BCUT2D eigenvalue weighted by molar-refractivity contribution is 5.22. The maximum absolute atomic E-state index is 3.93. The molecule has 21 heavy (non-hydrogen) atoms. The van der Waals surface area contributed by atoms with Crippen molar-refractivity contribution in [3.63, 3.8) is 0 Å². The summed E-state index contributed by atoms with van der Waals surface area (Å²) in [5.41, 5.74) is 1.99. The minimum absolute atomic E-state index is 0.238. The summed E-state index contributed by atoms with van der Waals surface area (Å²) in [6.07, 6.45) is 5.05. The molecule has 0 radical (unpaired) electrons. The van der Waals surface area contributed by atoms with Gasteiger partial charge in [-0.2, -0.15) is 0 Å². The third-order valence-electron chi connectivity index (χ3n) is 5.07. The van der Waals surface area contributed by atoms with Crippen LogP contribution in [0.2, 0.25) is 0 Å². The first-order valence-corrected chi connectivity index (χ1v) is 8.43. The van der Waals surface area contributed by atoms with Crippen molar-refractivity contribution in [2.45, 2.75) is 82.5 Å². The van der Waals surface area contributed by atoms with Crippen molar-refractivity contribution in [2.24, 2.45) is 0 Å². The minimum atomic E-state index is 0.238. The van der Waals surface area contributed by atoms with E-state index in [1.807, 2.05) is 0 Å². The Kier molecular flexibility index (Phi) is 3.87. The summed E-state index contributed by atoms with van der Waals surface area (Å²) in [7, 11) is 0. The van der Waals surface area contributed by atoms with Crippen molar-refractivity contribution < 1.29 is 0 Å². The van der Waals surface area contributed by atoms with E-state index in [1.54, 1.807) is 0 Å². The molecule has 2 fully saturated rings. The molecule has 1 saturated heterocycles. The quantitative estimate of drug-likeness (QED) is 0.882. The third-order valence-corrected chi connectivity index (χ3v) is 5.07. The zero-order valence-electron chi connectivity index (χ0n) is 13.9. The Hall–Kier alpha value is -0.860. The van der Waals surface area contributed by atoms with E-state index in [0.717, 1.165) is 5.92 Å². The first-order chi connectivity index (χ1) is 9.83. The molecule has 0 spiro atoms. The van der Waals surface area contributed by atoms with Crippen LogP contribution in [0.1, 0.15) is 64.9 Å². The molecule has 0 atom stereocenters. The summed E-state index contributed by atoms with van der Waals surface area (Å²) in [5, 5.41) is 7.69. The standard InChI is InChI=1S/C19H30N2/c1-18(2)12-17(13-19(3,4)21-18)20-16-10-15(11-16)14-8-6-5-7-9-14/h5-9,15-17,20-21H,10-13H2,1-4H3. The van der Waals surface area contributed by atoms with Crippen LogP contribution in [0.25, 0.3) is 0 Å². The van der Waals surface area contributed by atoms with E-state index in [1.165, 1.54) is 31.2 Å². The van der Waals surface area contributed by atoms with Crippen LogP contribution in [0.3, 0.4) is 0 Å². The van der Waals surface area contributed by atoms with Crippen molar-refractivity contribution in [3.8, 4) is 0 Å². The summed E-state index contributed by atoms with van der Waals surface area (Å²) in [4.78, 5) is 0. The molecule has 2 N–H and O–H groups in total. The lowest BCUT2D eigenvalue weighted by Gasteiger charge is -2.49. The Morgan fingerprint density at radius 1 is 0.905 bits per heavy atom. The smallest absolute Gasteiger partial charge is 0.0144 e. The SMILES string of the molecule is CC1(C)CC(NC2CC(c3ccccc3)C2)CC(C)(C)N1. The van der Waals surface area contributed by atoms with Crippen LogP contribution in [0.5, 0.6) is 0 Å². The lowest BCUT2D eigenvalue weighted by molar-refractivity contribution is 0.125. The topological polar surface area (TPSA) is 24.1 Å². The van der Waals surface area contributed by atoms with Gasteiger partial charge in [0.2, 0.25) is 0 Å². The van der Waals surface area contributed by atoms with Gasteiger partial charge in [-0.1, -0.05) is 30.3 Å². The lowest BCUT2D eigenvalue weighted by atomic mass is 9.74. The average molecular weight is 286 g/mol. The molecule has 1 heterocycles. The zero-order chi connectivity index (χ0) is 15.1. The van der Waals surface area contributed by atoms with Crippen molar-refractivity contribution in [1.82, 2.24) is 10.6 Å². The van der Waals surface area contributed by atoms with Crippen molar-refractivity contribution in [1.29, 1.82) is 0 Å². The number of rotatable bonds is 3.